The number of para-hydroxylation sites is 1. The van der Waals surface area contributed by atoms with Gasteiger partial charge in [-0.25, -0.2) is 0 Å². The van der Waals surface area contributed by atoms with Gasteiger partial charge in [0.15, 0.2) is 5.84 Å². The fourth-order valence-electron chi connectivity index (χ4n) is 3.04. The molecule has 0 aliphatic rings. The Balaban J connectivity index is 1.66. The molecular weight excluding hydrogens is 414 g/mol. The van der Waals surface area contributed by atoms with Gasteiger partial charge in [-0.05, 0) is 29.8 Å². The van der Waals surface area contributed by atoms with Gasteiger partial charge in [0.05, 0.1) is 6.21 Å². The molecule has 0 aliphatic carbocycles. The van der Waals surface area contributed by atoms with E-state index in [4.69, 9.17) is 5.73 Å². The molecule has 0 unspecified atom stereocenters. The minimum atomic E-state index is 0.286. The maximum absolute atomic E-state index is 5.96. The summed E-state index contributed by atoms with van der Waals surface area (Å²) in [7, 11) is 0. The van der Waals surface area contributed by atoms with Gasteiger partial charge in [-0.3, -0.25) is 4.98 Å². The summed E-state index contributed by atoms with van der Waals surface area (Å²) in [6, 6.07) is 22.0. The maximum atomic E-state index is 5.96. The summed E-state index contributed by atoms with van der Waals surface area (Å²) in [4.78, 5) is 4.18. The largest absolute Gasteiger partial charge is 0.380 e. The third kappa shape index (κ3) is 3.87. The molecule has 2 aromatic carbocycles. The third-order valence-corrected chi connectivity index (χ3v) is 5.18. The Morgan fingerprint density at radius 3 is 2.64 bits per heavy atom. The molecule has 0 aliphatic heterocycles. The second-order valence-corrected chi connectivity index (χ2v) is 7.12. The molecule has 0 saturated heterocycles. The van der Waals surface area contributed by atoms with Crippen LogP contribution in [0.5, 0.6) is 0 Å². The first-order valence-electron chi connectivity index (χ1n) is 8.81. The molecule has 6 heteroatoms. The van der Waals surface area contributed by atoms with E-state index in [-0.39, 0.29) is 5.84 Å². The first-order chi connectivity index (χ1) is 13.7. The van der Waals surface area contributed by atoms with Crippen LogP contribution in [0.1, 0.15) is 16.8 Å². The number of nitrogens with zero attached hydrogens (tertiary/aromatic N) is 4. The molecule has 0 radical (unpaired) electrons. The van der Waals surface area contributed by atoms with Gasteiger partial charge in [-0.15, -0.1) is 5.10 Å². The molecule has 2 heterocycles. The molecule has 0 fully saturated rings. The fourth-order valence-corrected chi connectivity index (χ4v) is 3.45. The molecule has 0 saturated carbocycles. The molecule has 2 aromatic heterocycles. The van der Waals surface area contributed by atoms with E-state index in [1.54, 1.807) is 18.5 Å². The quantitative estimate of drug-likeness (QED) is 0.285. The van der Waals surface area contributed by atoms with Crippen LogP contribution in [0.15, 0.2) is 93.8 Å². The normalized spacial score (nSPS) is 12.1. The predicted molar refractivity (Wildman–Crippen MR) is 118 cm³/mol. The number of rotatable bonds is 5. The van der Waals surface area contributed by atoms with E-state index in [0.29, 0.717) is 5.69 Å². The number of fused-ring (bicyclic) bond motifs is 1. The standard InChI is InChI=1S/C22H18BrN5/c23-19-9-3-1-7-16(19)14-28-15-17(18-8-2-4-11-21(18)28)13-26-27-22(24)20-10-5-6-12-25-20/h1-13,15H,14H2,(H2,24,27)/b26-13+. The van der Waals surface area contributed by atoms with Crippen molar-refractivity contribution >= 4 is 38.9 Å². The molecule has 0 spiro atoms. The van der Waals surface area contributed by atoms with E-state index in [1.807, 2.05) is 36.4 Å². The lowest BCUT2D eigenvalue weighted by molar-refractivity contribution is 0.832. The van der Waals surface area contributed by atoms with Crippen molar-refractivity contribution in [3.05, 3.63) is 100 Å². The van der Waals surface area contributed by atoms with E-state index in [1.165, 1.54) is 5.56 Å². The van der Waals surface area contributed by atoms with Crippen molar-refractivity contribution in [2.75, 3.05) is 0 Å². The third-order valence-electron chi connectivity index (χ3n) is 4.41. The maximum Gasteiger partial charge on any atom is 0.171 e. The highest BCUT2D eigenvalue weighted by atomic mass is 79.9. The zero-order valence-electron chi connectivity index (χ0n) is 15.0. The molecule has 2 N–H and O–H groups in total. The van der Waals surface area contributed by atoms with Crippen molar-refractivity contribution in [1.82, 2.24) is 9.55 Å². The van der Waals surface area contributed by atoms with Crippen LogP contribution in [0.4, 0.5) is 0 Å². The van der Waals surface area contributed by atoms with Crippen LogP contribution in [-0.2, 0) is 6.54 Å². The summed E-state index contributed by atoms with van der Waals surface area (Å²) in [5, 5.41) is 9.39. The highest BCUT2D eigenvalue weighted by molar-refractivity contribution is 9.10. The van der Waals surface area contributed by atoms with Gasteiger partial charge in [-0.2, -0.15) is 5.10 Å². The highest BCUT2D eigenvalue weighted by Gasteiger charge is 2.08. The molecule has 0 atom stereocenters. The molecule has 5 nitrogen and oxygen atoms in total. The number of hydrogen-bond acceptors (Lipinski definition) is 3. The first-order valence-corrected chi connectivity index (χ1v) is 9.61. The minimum Gasteiger partial charge on any atom is -0.380 e. The van der Waals surface area contributed by atoms with Crippen molar-refractivity contribution in [2.24, 2.45) is 15.9 Å². The van der Waals surface area contributed by atoms with Gasteiger partial charge in [-0.1, -0.05) is 58.4 Å². The number of benzene rings is 2. The van der Waals surface area contributed by atoms with Gasteiger partial charge in [0.1, 0.15) is 5.69 Å². The Morgan fingerprint density at radius 2 is 1.82 bits per heavy atom. The van der Waals surface area contributed by atoms with Crippen molar-refractivity contribution in [2.45, 2.75) is 6.54 Å². The number of amidine groups is 1. The average molecular weight is 432 g/mol. The van der Waals surface area contributed by atoms with Crippen LogP contribution in [0, 0.1) is 0 Å². The van der Waals surface area contributed by atoms with Crippen LogP contribution in [0.25, 0.3) is 10.9 Å². The number of aromatic nitrogens is 2. The molecule has 4 aromatic rings. The van der Waals surface area contributed by atoms with Crippen LogP contribution in [0.2, 0.25) is 0 Å². The predicted octanol–water partition coefficient (Wildman–Crippen LogP) is 4.59. The topological polar surface area (TPSA) is 68.6 Å². The van der Waals surface area contributed by atoms with Crippen molar-refractivity contribution in [3.63, 3.8) is 0 Å². The summed E-state index contributed by atoms with van der Waals surface area (Å²) >= 11 is 3.63. The fraction of sp³-hybridized carbons (Fsp3) is 0.0455. The van der Waals surface area contributed by atoms with Crippen LogP contribution in [-0.4, -0.2) is 21.6 Å². The Morgan fingerprint density at radius 1 is 1.04 bits per heavy atom. The lowest BCUT2D eigenvalue weighted by Gasteiger charge is -2.07. The molecule has 0 amide bonds. The van der Waals surface area contributed by atoms with Crippen molar-refractivity contribution in [3.8, 4) is 0 Å². The average Bonchev–Trinajstić information content (AvgIpc) is 3.08. The number of nitrogens with two attached hydrogens (primary N) is 1. The summed E-state index contributed by atoms with van der Waals surface area (Å²) < 4.78 is 3.30. The van der Waals surface area contributed by atoms with E-state index in [0.717, 1.165) is 27.5 Å². The summed E-state index contributed by atoms with van der Waals surface area (Å²) in [6.07, 6.45) is 5.49. The number of pyridine rings is 1. The number of halogens is 1. The summed E-state index contributed by atoms with van der Waals surface area (Å²) in [6.45, 7) is 0.759. The summed E-state index contributed by atoms with van der Waals surface area (Å²) in [5.41, 5.74) is 9.91. The Bertz CT molecular complexity index is 1160. The van der Waals surface area contributed by atoms with Crippen LogP contribution in [0.3, 0.4) is 0 Å². The van der Waals surface area contributed by atoms with Gasteiger partial charge in [0.2, 0.25) is 0 Å². The van der Waals surface area contributed by atoms with Gasteiger partial charge in [0.25, 0.3) is 0 Å². The lowest BCUT2D eigenvalue weighted by atomic mass is 10.2. The zero-order chi connectivity index (χ0) is 19.3. The second-order valence-electron chi connectivity index (χ2n) is 6.27. The van der Waals surface area contributed by atoms with Crippen molar-refractivity contribution < 1.29 is 0 Å². The van der Waals surface area contributed by atoms with Crippen LogP contribution >= 0.6 is 15.9 Å². The lowest BCUT2D eigenvalue weighted by Crippen LogP contribution is -2.14. The van der Waals surface area contributed by atoms with Crippen LogP contribution < -0.4 is 5.73 Å². The summed E-state index contributed by atoms with van der Waals surface area (Å²) in [5.74, 6) is 0.286. The Kier molecular flexibility index (Phi) is 5.30. The SMILES string of the molecule is N/C(=N\N=C\c1cn(Cc2ccccc2Br)c2ccccc12)c1ccccn1. The first kappa shape index (κ1) is 18.1. The molecule has 4 rings (SSSR count). The van der Waals surface area contributed by atoms with Gasteiger partial charge < -0.3 is 10.3 Å². The van der Waals surface area contributed by atoms with E-state index in [2.05, 4.69) is 66.1 Å². The Labute approximate surface area is 171 Å². The Hall–Kier alpha value is -3.25. The number of hydrogen-bond donors (Lipinski definition) is 1. The highest BCUT2D eigenvalue weighted by Crippen LogP contribution is 2.23. The van der Waals surface area contributed by atoms with Gasteiger partial charge in [0, 0.05) is 39.9 Å². The monoisotopic (exact) mass is 431 g/mol. The molecular formula is C22H18BrN5. The van der Waals surface area contributed by atoms with Gasteiger partial charge >= 0.3 is 0 Å². The zero-order valence-corrected chi connectivity index (χ0v) is 16.6. The van der Waals surface area contributed by atoms with Crippen molar-refractivity contribution in [1.29, 1.82) is 0 Å². The molecule has 0 bridgehead atoms. The molecule has 138 valence electrons. The second kappa shape index (κ2) is 8.19. The van der Waals surface area contributed by atoms with E-state index < -0.39 is 0 Å². The van der Waals surface area contributed by atoms with E-state index in [9.17, 15) is 0 Å². The smallest absolute Gasteiger partial charge is 0.171 e. The molecule has 28 heavy (non-hydrogen) atoms. The van der Waals surface area contributed by atoms with E-state index >= 15 is 0 Å². The minimum absolute atomic E-state index is 0.286.